The zero-order chi connectivity index (χ0) is 26.2. The van der Waals surface area contributed by atoms with Crippen molar-refractivity contribution in [3.8, 4) is 0 Å². The van der Waals surface area contributed by atoms with E-state index in [4.69, 9.17) is 4.74 Å². The van der Waals surface area contributed by atoms with Crippen LogP contribution in [0.5, 0.6) is 0 Å². The van der Waals surface area contributed by atoms with E-state index in [9.17, 15) is 9.59 Å². The van der Waals surface area contributed by atoms with Crippen molar-refractivity contribution in [2.45, 2.75) is 31.6 Å². The summed E-state index contributed by atoms with van der Waals surface area (Å²) in [5.41, 5.74) is 3.51. The van der Waals surface area contributed by atoms with Crippen LogP contribution in [0.25, 0.3) is 0 Å². The van der Waals surface area contributed by atoms with E-state index in [-0.39, 0.29) is 30.6 Å². The van der Waals surface area contributed by atoms with Gasteiger partial charge in [0, 0.05) is 5.69 Å². The number of hydrogen-bond donors (Lipinski definition) is 2. The van der Waals surface area contributed by atoms with E-state index in [2.05, 4.69) is 20.9 Å². The summed E-state index contributed by atoms with van der Waals surface area (Å²) in [4.78, 5) is 27.3. The van der Waals surface area contributed by atoms with Gasteiger partial charge in [-0.3, -0.25) is 9.48 Å². The standard InChI is InChI=1S/C29H30N6O3/c36-28-21-38-20-27(23-12-6-2-7-13-23)35(28)19-26-18-34(33-32-26)17-25(16-22-10-4-1-5-11-22)31-29(37)30-24-14-8-3-9-15-24/h1-15,18,25,27H,16-17,19-21H2,(H2,30,31,37)/t25-,27-/m0/s1. The summed E-state index contributed by atoms with van der Waals surface area (Å²) in [5, 5.41) is 14.6. The fourth-order valence-corrected chi connectivity index (χ4v) is 4.59. The summed E-state index contributed by atoms with van der Waals surface area (Å²) in [6, 6.07) is 28.4. The Labute approximate surface area is 221 Å². The Kier molecular flexibility index (Phi) is 8.05. The molecule has 0 radical (unpaired) electrons. The molecule has 1 aromatic heterocycles. The van der Waals surface area contributed by atoms with Crippen molar-refractivity contribution in [3.63, 3.8) is 0 Å². The number of para-hydroxylation sites is 1. The van der Waals surface area contributed by atoms with Gasteiger partial charge in [-0.25, -0.2) is 4.79 Å². The summed E-state index contributed by atoms with van der Waals surface area (Å²) in [5.74, 6) is -0.0825. The van der Waals surface area contributed by atoms with Crippen molar-refractivity contribution in [2.24, 2.45) is 0 Å². The van der Waals surface area contributed by atoms with Crippen LogP contribution in [0.3, 0.4) is 0 Å². The van der Waals surface area contributed by atoms with Crippen molar-refractivity contribution in [3.05, 3.63) is 114 Å². The minimum absolute atomic E-state index is 0.0526. The van der Waals surface area contributed by atoms with Gasteiger partial charge in [-0.15, -0.1) is 5.10 Å². The quantitative estimate of drug-likeness (QED) is 0.357. The van der Waals surface area contributed by atoms with Gasteiger partial charge in [0.15, 0.2) is 0 Å². The Bertz CT molecular complexity index is 1330. The van der Waals surface area contributed by atoms with Crippen LogP contribution in [0, 0.1) is 0 Å². The summed E-state index contributed by atoms with van der Waals surface area (Å²) >= 11 is 0. The van der Waals surface area contributed by atoms with Gasteiger partial charge in [-0.1, -0.05) is 84.1 Å². The average molecular weight is 511 g/mol. The highest BCUT2D eigenvalue weighted by molar-refractivity contribution is 5.89. The van der Waals surface area contributed by atoms with Crippen molar-refractivity contribution in [2.75, 3.05) is 18.5 Å². The van der Waals surface area contributed by atoms with Crippen LogP contribution < -0.4 is 10.6 Å². The third-order valence-corrected chi connectivity index (χ3v) is 6.40. The van der Waals surface area contributed by atoms with Gasteiger partial charge in [-0.2, -0.15) is 0 Å². The highest BCUT2D eigenvalue weighted by Gasteiger charge is 2.30. The van der Waals surface area contributed by atoms with Gasteiger partial charge in [0.1, 0.15) is 12.3 Å². The van der Waals surface area contributed by atoms with E-state index in [0.717, 1.165) is 16.8 Å². The average Bonchev–Trinajstić information content (AvgIpc) is 3.38. The molecule has 1 aliphatic rings. The number of benzene rings is 3. The highest BCUT2D eigenvalue weighted by Crippen LogP contribution is 2.26. The number of urea groups is 1. The molecule has 1 saturated heterocycles. The van der Waals surface area contributed by atoms with Gasteiger partial charge in [-0.05, 0) is 29.7 Å². The first-order valence-electron chi connectivity index (χ1n) is 12.6. The van der Waals surface area contributed by atoms with Crippen molar-refractivity contribution in [1.29, 1.82) is 0 Å². The number of amides is 3. The topological polar surface area (TPSA) is 101 Å². The van der Waals surface area contributed by atoms with Crippen LogP contribution in [0.2, 0.25) is 0 Å². The number of morpholine rings is 1. The van der Waals surface area contributed by atoms with E-state index in [0.29, 0.717) is 31.8 Å². The normalized spacial score (nSPS) is 16.2. The first kappa shape index (κ1) is 25.2. The van der Waals surface area contributed by atoms with Crippen LogP contribution in [-0.2, 0) is 29.0 Å². The van der Waals surface area contributed by atoms with E-state index in [1.165, 1.54) is 0 Å². The maximum Gasteiger partial charge on any atom is 0.319 e. The summed E-state index contributed by atoms with van der Waals surface area (Å²) in [6.45, 7) is 1.23. The minimum Gasteiger partial charge on any atom is -0.369 e. The first-order valence-corrected chi connectivity index (χ1v) is 12.6. The molecule has 5 rings (SSSR count). The molecular formula is C29H30N6O3. The minimum atomic E-state index is -0.290. The van der Waals surface area contributed by atoms with E-state index in [1.54, 1.807) is 9.58 Å². The highest BCUT2D eigenvalue weighted by atomic mass is 16.5. The lowest BCUT2D eigenvalue weighted by atomic mass is 10.0. The van der Waals surface area contributed by atoms with Gasteiger partial charge in [0.2, 0.25) is 5.91 Å². The van der Waals surface area contributed by atoms with Crippen molar-refractivity contribution in [1.82, 2.24) is 25.2 Å². The molecule has 2 heterocycles. The Balaban J connectivity index is 1.28. The molecule has 2 atom stereocenters. The molecule has 9 heteroatoms. The number of aromatic nitrogens is 3. The summed E-state index contributed by atoms with van der Waals surface area (Å²) in [7, 11) is 0. The molecule has 38 heavy (non-hydrogen) atoms. The van der Waals surface area contributed by atoms with Crippen molar-refractivity contribution < 1.29 is 14.3 Å². The smallest absolute Gasteiger partial charge is 0.319 e. The van der Waals surface area contributed by atoms with Crippen LogP contribution in [0.1, 0.15) is 22.9 Å². The third-order valence-electron chi connectivity index (χ3n) is 6.40. The Morgan fingerprint density at radius 2 is 1.66 bits per heavy atom. The Morgan fingerprint density at radius 1 is 0.974 bits per heavy atom. The predicted octanol–water partition coefficient (Wildman–Crippen LogP) is 3.81. The second-order valence-electron chi connectivity index (χ2n) is 9.25. The van der Waals surface area contributed by atoms with E-state index >= 15 is 0 Å². The van der Waals surface area contributed by atoms with Crippen LogP contribution >= 0.6 is 0 Å². The lowest BCUT2D eigenvalue weighted by Gasteiger charge is -2.35. The molecule has 0 aliphatic carbocycles. The lowest BCUT2D eigenvalue weighted by molar-refractivity contribution is -0.149. The van der Waals surface area contributed by atoms with Crippen molar-refractivity contribution >= 4 is 17.6 Å². The number of anilines is 1. The largest absolute Gasteiger partial charge is 0.369 e. The second kappa shape index (κ2) is 12.2. The van der Waals surface area contributed by atoms with Gasteiger partial charge >= 0.3 is 6.03 Å². The molecule has 1 fully saturated rings. The lowest BCUT2D eigenvalue weighted by Crippen LogP contribution is -2.43. The molecule has 0 saturated carbocycles. The number of ether oxygens (including phenoxy) is 1. The molecule has 4 aromatic rings. The monoisotopic (exact) mass is 510 g/mol. The SMILES string of the molecule is O=C(Nc1ccccc1)N[C@@H](Cc1ccccc1)Cn1cc(CN2C(=O)COC[C@H]2c2ccccc2)nn1. The summed E-state index contributed by atoms with van der Waals surface area (Å²) in [6.07, 6.45) is 2.45. The molecule has 2 N–H and O–H groups in total. The molecule has 3 amide bonds. The number of nitrogens with one attached hydrogen (secondary N) is 2. The van der Waals surface area contributed by atoms with E-state index in [1.807, 2.05) is 97.2 Å². The van der Waals surface area contributed by atoms with Gasteiger partial charge in [0.25, 0.3) is 0 Å². The zero-order valence-corrected chi connectivity index (χ0v) is 20.9. The van der Waals surface area contributed by atoms with Gasteiger partial charge in [0.05, 0.1) is 38.0 Å². The summed E-state index contributed by atoms with van der Waals surface area (Å²) < 4.78 is 7.25. The zero-order valence-electron chi connectivity index (χ0n) is 20.9. The number of hydrogen-bond acceptors (Lipinski definition) is 5. The fraction of sp³-hybridized carbons (Fsp3) is 0.241. The Hall–Kier alpha value is -4.50. The maximum absolute atomic E-state index is 12.8. The van der Waals surface area contributed by atoms with Crippen LogP contribution in [0.4, 0.5) is 10.5 Å². The molecule has 0 spiro atoms. The van der Waals surface area contributed by atoms with Crippen LogP contribution in [-0.4, -0.2) is 51.1 Å². The molecule has 0 bridgehead atoms. The van der Waals surface area contributed by atoms with Gasteiger partial charge < -0.3 is 20.3 Å². The number of nitrogens with zero attached hydrogens (tertiary/aromatic N) is 4. The van der Waals surface area contributed by atoms with Crippen LogP contribution in [0.15, 0.2) is 97.2 Å². The first-order chi connectivity index (χ1) is 18.6. The second-order valence-corrected chi connectivity index (χ2v) is 9.25. The maximum atomic E-state index is 12.8. The number of rotatable bonds is 9. The third kappa shape index (κ3) is 6.63. The molecular weight excluding hydrogens is 480 g/mol. The molecule has 9 nitrogen and oxygen atoms in total. The molecule has 3 aromatic carbocycles. The predicted molar refractivity (Wildman–Crippen MR) is 143 cm³/mol. The molecule has 1 aliphatic heterocycles. The van der Waals surface area contributed by atoms with E-state index < -0.39 is 0 Å². The number of carbonyl (C=O) groups excluding carboxylic acids is 2. The molecule has 0 unspecified atom stereocenters. The Morgan fingerprint density at radius 3 is 2.39 bits per heavy atom. The molecule has 194 valence electrons. The fourth-order valence-electron chi connectivity index (χ4n) is 4.59. The number of carbonyl (C=O) groups is 2.